The summed E-state index contributed by atoms with van der Waals surface area (Å²) in [5.41, 5.74) is 6.00. The van der Waals surface area contributed by atoms with Crippen LogP contribution < -0.4 is 11.1 Å². The molecule has 0 unspecified atom stereocenters. The van der Waals surface area contributed by atoms with E-state index in [2.05, 4.69) is 5.32 Å². The van der Waals surface area contributed by atoms with Crippen molar-refractivity contribution in [2.24, 2.45) is 11.7 Å². The number of ether oxygens (including phenoxy) is 1. The molecule has 1 heterocycles. The number of hydrogen-bond donors (Lipinski definition) is 2. The molecule has 0 atom stereocenters. The van der Waals surface area contributed by atoms with Crippen LogP contribution >= 0.6 is 0 Å². The van der Waals surface area contributed by atoms with Gasteiger partial charge in [0, 0.05) is 0 Å². The molecule has 0 aliphatic carbocycles. The monoisotopic (exact) mass is 333 g/mol. The molecular weight excluding hydrogens is 310 g/mol. The maximum atomic E-state index is 12.2. The molecule has 0 spiro atoms. The summed E-state index contributed by atoms with van der Waals surface area (Å²) >= 11 is 0. The van der Waals surface area contributed by atoms with E-state index in [4.69, 9.17) is 10.5 Å². The molecule has 24 heavy (non-hydrogen) atoms. The van der Waals surface area contributed by atoms with E-state index in [0.29, 0.717) is 38.2 Å². The van der Waals surface area contributed by atoms with Crippen LogP contribution in [-0.4, -0.2) is 48.9 Å². The number of carbonyl (C=O) groups is 3. The normalized spacial score (nSPS) is 15.7. The fourth-order valence-corrected chi connectivity index (χ4v) is 2.79. The van der Waals surface area contributed by atoms with Crippen molar-refractivity contribution < 1.29 is 19.1 Å². The molecular formula is C17H23N3O4. The summed E-state index contributed by atoms with van der Waals surface area (Å²) in [5, 5.41) is 2.72. The zero-order valence-electron chi connectivity index (χ0n) is 13.8. The second-order valence-corrected chi connectivity index (χ2v) is 5.76. The molecule has 0 radical (unpaired) electrons. The Labute approximate surface area is 141 Å². The highest BCUT2D eigenvalue weighted by atomic mass is 16.5. The number of hydrogen-bond acceptors (Lipinski definition) is 5. The van der Waals surface area contributed by atoms with Gasteiger partial charge in [0.15, 0.2) is 0 Å². The van der Waals surface area contributed by atoms with Gasteiger partial charge < -0.3 is 15.8 Å². The number of carbonyl (C=O) groups excluding carboxylic acids is 3. The molecule has 2 rings (SSSR count). The smallest absolute Gasteiger partial charge is 0.309 e. The van der Waals surface area contributed by atoms with Gasteiger partial charge >= 0.3 is 5.97 Å². The molecule has 0 saturated carbocycles. The van der Waals surface area contributed by atoms with Crippen molar-refractivity contribution >= 4 is 23.5 Å². The van der Waals surface area contributed by atoms with Crippen molar-refractivity contribution in [3.8, 4) is 0 Å². The molecule has 7 heteroatoms. The second kappa shape index (κ2) is 8.44. The van der Waals surface area contributed by atoms with E-state index in [-0.39, 0.29) is 29.9 Å². The highest BCUT2D eigenvalue weighted by Gasteiger charge is 2.26. The molecule has 1 aromatic rings. The lowest BCUT2D eigenvalue weighted by atomic mass is 9.97. The number of nitrogens with zero attached hydrogens (tertiary/aromatic N) is 1. The van der Waals surface area contributed by atoms with Gasteiger partial charge in [-0.15, -0.1) is 0 Å². The predicted octanol–water partition coefficient (Wildman–Crippen LogP) is 0.999. The quantitative estimate of drug-likeness (QED) is 0.756. The second-order valence-electron chi connectivity index (χ2n) is 5.76. The standard InChI is InChI=1S/C17H23N3O4/c1-2-24-17(23)12-7-9-20(10-8-12)11-15(21)19-14-6-4-3-5-13(14)16(18)22/h3-6,12H,2,7-11H2,1H3,(H2,18,22)(H,19,21). The number of esters is 1. The van der Waals surface area contributed by atoms with E-state index in [1.54, 1.807) is 31.2 Å². The van der Waals surface area contributed by atoms with Gasteiger partial charge in [0.25, 0.3) is 5.91 Å². The number of nitrogens with one attached hydrogen (secondary N) is 1. The Kier molecular flexibility index (Phi) is 6.31. The Hall–Kier alpha value is -2.41. The number of nitrogens with two attached hydrogens (primary N) is 1. The molecule has 1 saturated heterocycles. The minimum atomic E-state index is -0.582. The van der Waals surface area contributed by atoms with E-state index < -0.39 is 5.91 Å². The summed E-state index contributed by atoms with van der Waals surface area (Å²) in [6.07, 6.45) is 1.37. The third-order valence-electron chi connectivity index (χ3n) is 4.04. The van der Waals surface area contributed by atoms with E-state index in [1.165, 1.54) is 0 Å². The van der Waals surface area contributed by atoms with Crippen molar-refractivity contribution in [1.29, 1.82) is 0 Å². The van der Waals surface area contributed by atoms with Crippen LogP contribution in [0.15, 0.2) is 24.3 Å². The lowest BCUT2D eigenvalue weighted by Crippen LogP contribution is -2.41. The highest BCUT2D eigenvalue weighted by Crippen LogP contribution is 2.19. The molecule has 1 aliphatic heterocycles. The summed E-state index contributed by atoms with van der Waals surface area (Å²) in [6, 6.07) is 6.64. The summed E-state index contributed by atoms with van der Waals surface area (Å²) in [5.74, 6) is -1.03. The van der Waals surface area contributed by atoms with Gasteiger partial charge in [-0.2, -0.15) is 0 Å². The zero-order chi connectivity index (χ0) is 17.5. The van der Waals surface area contributed by atoms with Crippen molar-refractivity contribution in [1.82, 2.24) is 4.90 Å². The van der Waals surface area contributed by atoms with Gasteiger partial charge in [-0.3, -0.25) is 19.3 Å². The van der Waals surface area contributed by atoms with Crippen molar-refractivity contribution in [3.63, 3.8) is 0 Å². The Bertz CT molecular complexity index is 610. The van der Waals surface area contributed by atoms with Gasteiger partial charge in [0.1, 0.15) is 0 Å². The van der Waals surface area contributed by atoms with Gasteiger partial charge in [-0.1, -0.05) is 12.1 Å². The average Bonchev–Trinajstić information content (AvgIpc) is 2.56. The summed E-state index contributed by atoms with van der Waals surface area (Å²) < 4.78 is 5.03. The van der Waals surface area contributed by atoms with Gasteiger partial charge in [0.2, 0.25) is 5.91 Å². The first kappa shape index (κ1) is 17.9. The van der Waals surface area contributed by atoms with Crippen LogP contribution in [0.2, 0.25) is 0 Å². The highest BCUT2D eigenvalue weighted by molar-refractivity contribution is 6.03. The SMILES string of the molecule is CCOC(=O)C1CCN(CC(=O)Nc2ccccc2C(N)=O)CC1. The Balaban J connectivity index is 1.84. The zero-order valence-corrected chi connectivity index (χ0v) is 13.8. The summed E-state index contributed by atoms with van der Waals surface area (Å²) in [4.78, 5) is 37.2. The number of piperidine rings is 1. The number of likely N-dealkylation sites (tertiary alicyclic amines) is 1. The van der Waals surface area contributed by atoms with Crippen LogP contribution in [0.5, 0.6) is 0 Å². The third kappa shape index (κ3) is 4.79. The number of rotatable bonds is 6. The molecule has 0 aromatic heterocycles. The topological polar surface area (TPSA) is 102 Å². The lowest BCUT2D eigenvalue weighted by molar-refractivity contribution is -0.149. The van der Waals surface area contributed by atoms with Gasteiger partial charge in [0.05, 0.1) is 30.3 Å². The van der Waals surface area contributed by atoms with E-state index in [9.17, 15) is 14.4 Å². The molecule has 7 nitrogen and oxygen atoms in total. The maximum Gasteiger partial charge on any atom is 0.309 e. The third-order valence-corrected chi connectivity index (χ3v) is 4.04. The minimum absolute atomic E-state index is 0.0835. The maximum absolute atomic E-state index is 12.2. The van der Waals surface area contributed by atoms with Crippen molar-refractivity contribution in [2.45, 2.75) is 19.8 Å². The van der Waals surface area contributed by atoms with Crippen molar-refractivity contribution in [2.75, 3.05) is 31.6 Å². The number of primary amides is 1. The Morgan fingerprint density at radius 2 is 1.92 bits per heavy atom. The molecule has 1 fully saturated rings. The Morgan fingerprint density at radius 1 is 1.25 bits per heavy atom. The van der Waals surface area contributed by atoms with Crippen LogP contribution in [-0.2, 0) is 14.3 Å². The molecule has 2 amide bonds. The van der Waals surface area contributed by atoms with E-state index in [1.807, 2.05) is 4.90 Å². The van der Waals surface area contributed by atoms with Crippen LogP contribution in [0.3, 0.4) is 0 Å². The van der Waals surface area contributed by atoms with Crippen LogP contribution in [0.25, 0.3) is 0 Å². The fraction of sp³-hybridized carbons (Fsp3) is 0.471. The summed E-state index contributed by atoms with van der Waals surface area (Å²) in [6.45, 7) is 3.72. The van der Waals surface area contributed by atoms with Gasteiger partial charge in [-0.05, 0) is 45.0 Å². The molecule has 1 aliphatic rings. The predicted molar refractivity (Wildman–Crippen MR) is 89.4 cm³/mol. The molecule has 0 bridgehead atoms. The molecule has 3 N–H and O–H groups in total. The number of anilines is 1. The average molecular weight is 333 g/mol. The van der Waals surface area contributed by atoms with Crippen LogP contribution in [0.1, 0.15) is 30.1 Å². The lowest BCUT2D eigenvalue weighted by Gasteiger charge is -2.30. The first-order chi connectivity index (χ1) is 11.5. The van der Waals surface area contributed by atoms with Crippen LogP contribution in [0.4, 0.5) is 5.69 Å². The van der Waals surface area contributed by atoms with Gasteiger partial charge in [-0.25, -0.2) is 0 Å². The summed E-state index contributed by atoms with van der Waals surface area (Å²) in [7, 11) is 0. The van der Waals surface area contributed by atoms with E-state index >= 15 is 0 Å². The Morgan fingerprint density at radius 3 is 2.54 bits per heavy atom. The number of amides is 2. The van der Waals surface area contributed by atoms with Crippen molar-refractivity contribution in [3.05, 3.63) is 29.8 Å². The number of para-hydroxylation sites is 1. The number of benzene rings is 1. The fourth-order valence-electron chi connectivity index (χ4n) is 2.79. The largest absolute Gasteiger partial charge is 0.466 e. The molecule has 1 aromatic carbocycles. The van der Waals surface area contributed by atoms with E-state index in [0.717, 1.165) is 0 Å². The first-order valence-electron chi connectivity index (χ1n) is 8.09. The first-order valence-corrected chi connectivity index (χ1v) is 8.09. The van der Waals surface area contributed by atoms with Crippen LogP contribution in [0, 0.1) is 5.92 Å². The molecule has 130 valence electrons. The minimum Gasteiger partial charge on any atom is -0.466 e.